The summed E-state index contributed by atoms with van der Waals surface area (Å²) in [4.78, 5) is 26.4. The number of ether oxygens (including phenoxy) is 2. The van der Waals surface area contributed by atoms with E-state index in [0.717, 1.165) is 0 Å². The maximum Gasteiger partial charge on any atom is 0.422 e. The van der Waals surface area contributed by atoms with E-state index in [9.17, 15) is 33.0 Å². The van der Waals surface area contributed by atoms with Gasteiger partial charge in [-0.05, 0) is 42.0 Å². The molecule has 0 spiro atoms. The van der Waals surface area contributed by atoms with Gasteiger partial charge in [0.25, 0.3) is 0 Å². The highest BCUT2D eigenvalue weighted by molar-refractivity contribution is 6.42. The Balaban J connectivity index is 1.90. The van der Waals surface area contributed by atoms with Crippen LogP contribution in [0.5, 0.6) is 17.2 Å². The van der Waals surface area contributed by atoms with Gasteiger partial charge in [0.1, 0.15) is 17.2 Å². The minimum atomic E-state index is -4.52. The quantitative estimate of drug-likeness (QED) is 0.213. The predicted octanol–water partition coefficient (Wildman–Crippen LogP) is 7.20. The Labute approximate surface area is 217 Å². The summed E-state index contributed by atoms with van der Waals surface area (Å²) in [5, 5.41) is 19.9. The molecule has 0 saturated carbocycles. The number of benzene rings is 3. The fourth-order valence-corrected chi connectivity index (χ4v) is 4.05. The summed E-state index contributed by atoms with van der Waals surface area (Å²) in [5.74, 6) is -2.22. The number of hydrogen-bond donors (Lipinski definition) is 3. The third-order valence-corrected chi connectivity index (χ3v) is 5.95. The van der Waals surface area contributed by atoms with Crippen LogP contribution in [0.4, 0.5) is 13.2 Å². The third kappa shape index (κ3) is 5.92. The Bertz CT molecular complexity index is 1500. The molecule has 0 amide bonds. The van der Waals surface area contributed by atoms with Crippen molar-refractivity contribution in [2.24, 2.45) is 0 Å². The second kappa shape index (κ2) is 10.2. The summed E-state index contributed by atoms with van der Waals surface area (Å²) in [5.41, 5.74) is 0.652. The predicted molar refractivity (Wildman–Crippen MR) is 130 cm³/mol. The van der Waals surface area contributed by atoms with Gasteiger partial charge in [0.2, 0.25) is 0 Å². The number of rotatable bonds is 8. The van der Waals surface area contributed by atoms with Crippen molar-refractivity contribution >= 4 is 46.0 Å². The summed E-state index contributed by atoms with van der Waals surface area (Å²) in [6.07, 6.45) is -5.10. The molecule has 192 valence electrons. The number of H-pyrrole nitrogens is 1. The molecule has 1 aromatic heterocycles. The number of aromatic nitrogens is 1. The Kier molecular flexibility index (Phi) is 7.24. The molecule has 0 aliphatic rings. The van der Waals surface area contributed by atoms with Crippen LogP contribution in [0.15, 0.2) is 54.6 Å². The first kappa shape index (κ1) is 26.2. The van der Waals surface area contributed by atoms with Gasteiger partial charge in [0, 0.05) is 28.2 Å². The lowest BCUT2D eigenvalue weighted by Gasteiger charge is -2.15. The summed E-state index contributed by atoms with van der Waals surface area (Å²) in [6.45, 7) is -1.48. The molecule has 4 aromatic rings. The van der Waals surface area contributed by atoms with Crippen molar-refractivity contribution in [3.63, 3.8) is 0 Å². The van der Waals surface area contributed by atoms with E-state index >= 15 is 0 Å². The highest BCUT2D eigenvalue weighted by Crippen LogP contribution is 2.43. The number of carboxylic acids is 2. The summed E-state index contributed by atoms with van der Waals surface area (Å²) in [6, 6.07) is 13.1. The minimum absolute atomic E-state index is 0.0342. The summed E-state index contributed by atoms with van der Waals surface area (Å²) < 4.78 is 48.3. The third-order valence-electron chi connectivity index (χ3n) is 5.21. The largest absolute Gasteiger partial charge is 0.484 e. The molecule has 4 rings (SSSR count). The van der Waals surface area contributed by atoms with Crippen LogP contribution in [0, 0.1) is 0 Å². The molecule has 0 atom stereocenters. The van der Waals surface area contributed by atoms with Gasteiger partial charge >= 0.3 is 18.1 Å². The van der Waals surface area contributed by atoms with E-state index in [0.29, 0.717) is 11.1 Å². The lowest BCUT2D eigenvalue weighted by Crippen LogP contribution is -2.19. The fourth-order valence-electron chi connectivity index (χ4n) is 3.77. The minimum Gasteiger partial charge on any atom is -0.484 e. The molecule has 37 heavy (non-hydrogen) atoms. The van der Waals surface area contributed by atoms with Gasteiger partial charge < -0.3 is 24.7 Å². The smallest absolute Gasteiger partial charge is 0.422 e. The van der Waals surface area contributed by atoms with Gasteiger partial charge in [-0.1, -0.05) is 35.3 Å². The zero-order valence-electron chi connectivity index (χ0n) is 18.5. The molecule has 0 unspecified atom stereocenters. The average Bonchev–Trinajstić information content (AvgIpc) is 3.17. The molecule has 0 saturated heterocycles. The first-order valence-corrected chi connectivity index (χ1v) is 11.2. The first-order chi connectivity index (χ1) is 17.4. The highest BCUT2D eigenvalue weighted by Gasteiger charge is 2.29. The Hall–Kier alpha value is -3.89. The molecule has 12 heteroatoms. The standard InChI is InChI=1S/C25H16Cl2F3NO6/c26-15-6-5-14(9-16(15)27)37-19-8-7-17-22(23(24(34)35)18(31-17)10-20(32)33)21(19)12-1-3-13(4-2-12)36-11-25(28,29)30/h1-9,31H,10-11H2,(H,32,33)(H,34,35). The molecular formula is C25H16Cl2F3NO6. The van der Waals surface area contributed by atoms with Crippen LogP contribution in [0.25, 0.3) is 22.0 Å². The molecule has 7 nitrogen and oxygen atoms in total. The van der Waals surface area contributed by atoms with Crippen molar-refractivity contribution < 1.29 is 42.4 Å². The van der Waals surface area contributed by atoms with E-state index in [1.54, 1.807) is 12.1 Å². The number of nitrogens with one attached hydrogen (secondary N) is 1. The van der Waals surface area contributed by atoms with Gasteiger partial charge in [-0.15, -0.1) is 0 Å². The van der Waals surface area contributed by atoms with Crippen LogP contribution in [0.1, 0.15) is 16.1 Å². The van der Waals surface area contributed by atoms with E-state index in [-0.39, 0.29) is 49.5 Å². The summed E-state index contributed by atoms with van der Waals surface area (Å²) in [7, 11) is 0. The summed E-state index contributed by atoms with van der Waals surface area (Å²) >= 11 is 12.1. The van der Waals surface area contributed by atoms with E-state index in [1.165, 1.54) is 42.5 Å². The van der Waals surface area contributed by atoms with Crippen LogP contribution < -0.4 is 9.47 Å². The molecule has 0 aliphatic carbocycles. The SMILES string of the molecule is O=C(O)Cc1[nH]c2ccc(Oc3ccc(Cl)c(Cl)c3)c(-c3ccc(OCC(F)(F)F)cc3)c2c1C(=O)O. The molecule has 0 radical (unpaired) electrons. The first-order valence-electron chi connectivity index (χ1n) is 10.5. The molecule has 3 aromatic carbocycles. The van der Waals surface area contributed by atoms with Gasteiger partial charge in [0.05, 0.1) is 22.0 Å². The zero-order valence-corrected chi connectivity index (χ0v) is 20.0. The number of carboxylic acid groups (broad SMARTS) is 2. The highest BCUT2D eigenvalue weighted by atomic mass is 35.5. The van der Waals surface area contributed by atoms with Crippen LogP contribution in [-0.4, -0.2) is 39.9 Å². The van der Waals surface area contributed by atoms with Gasteiger partial charge in [-0.2, -0.15) is 13.2 Å². The Morgan fingerprint density at radius 1 is 0.919 bits per heavy atom. The molecule has 0 fully saturated rings. The molecule has 1 heterocycles. The fraction of sp³-hybridized carbons (Fsp3) is 0.120. The topological polar surface area (TPSA) is 109 Å². The number of fused-ring (bicyclic) bond motifs is 1. The lowest BCUT2D eigenvalue weighted by molar-refractivity contribution is -0.153. The number of alkyl halides is 3. The Morgan fingerprint density at radius 3 is 2.19 bits per heavy atom. The van der Waals surface area contributed by atoms with Gasteiger partial charge in [-0.25, -0.2) is 4.79 Å². The lowest BCUT2D eigenvalue weighted by atomic mass is 9.96. The van der Waals surface area contributed by atoms with Gasteiger partial charge in [-0.3, -0.25) is 4.79 Å². The van der Waals surface area contributed by atoms with Crippen molar-refractivity contribution in [1.82, 2.24) is 4.98 Å². The van der Waals surface area contributed by atoms with Crippen LogP contribution in [-0.2, 0) is 11.2 Å². The molecule has 3 N–H and O–H groups in total. The zero-order chi connectivity index (χ0) is 26.9. The van der Waals surface area contributed by atoms with E-state index in [4.69, 9.17) is 32.7 Å². The van der Waals surface area contributed by atoms with Gasteiger partial charge in [0.15, 0.2) is 6.61 Å². The second-order valence-electron chi connectivity index (χ2n) is 7.82. The van der Waals surface area contributed by atoms with Crippen molar-refractivity contribution in [2.75, 3.05) is 6.61 Å². The number of carbonyl (C=O) groups is 2. The second-order valence-corrected chi connectivity index (χ2v) is 8.64. The van der Waals surface area contributed by atoms with E-state index < -0.39 is 31.1 Å². The van der Waals surface area contributed by atoms with E-state index in [2.05, 4.69) is 4.98 Å². The van der Waals surface area contributed by atoms with E-state index in [1.807, 2.05) is 0 Å². The van der Waals surface area contributed by atoms with Crippen LogP contribution in [0.3, 0.4) is 0 Å². The molecule has 0 bridgehead atoms. The Morgan fingerprint density at radius 2 is 1.59 bits per heavy atom. The van der Waals surface area contributed by atoms with Crippen molar-refractivity contribution in [2.45, 2.75) is 12.6 Å². The van der Waals surface area contributed by atoms with Crippen LogP contribution >= 0.6 is 23.2 Å². The maximum atomic E-state index is 12.5. The average molecular weight is 554 g/mol. The van der Waals surface area contributed by atoms with Crippen LogP contribution in [0.2, 0.25) is 10.0 Å². The molecule has 0 aliphatic heterocycles. The van der Waals surface area contributed by atoms with Crippen molar-refractivity contribution in [3.05, 3.63) is 75.9 Å². The molecular weight excluding hydrogens is 538 g/mol. The number of aromatic amines is 1. The monoisotopic (exact) mass is 553 g/mol. The normalized spacial score (nSPS) is 11.5. The number of hydrogen-bond acceptors (Lipinski definition) is 4. The van der Waals surface area contributed by atoms with Crippen molar-refractivity contribution in [1.29, 1.82) is 0 Å². The number of aromatic carboxylic acids is 1. The van der Waals surface area contributed by atoms with Crippen molar-refractivity contribution in [3.8, 4) is 28.4 Å². The number of halogens is 5. The maximum absolute atomic E-state index is 12.5. The number of aliphatic carboxylic acids is 1.